The highest BCUT2D eigenvalue weighted by Crippen LogP contribution is 2.22. The second-order valence-corrected chi connectivity index (χ2v) is 5.30. The molecule has 4 nitrogen and oxygen atoms in total. The molecule has 1 aromatic heterocycles. The summed E-state index contributed by atoms with van der Waals surface area (Å²) in [6.07, 6.45) is 22.5. The number of allylic oxidation sites excluding steroid dienone is 4. The van der Waals surface area contributed by atoms with Gasteiger partial charge in [-0.15, -0.1) is 6.58 Å². The van der Waals surface area contributed by atoms with Crippen LogP contribution in [-0.2, 0) is 6.42 Å². The van der Waals surface area contributed by atoms with Crippen LogP contribution in [0.3, 0.4) is 0 Å². The Kier molecular flexibility index (Phi) is 7.41. The molecule has 0 aromatic carbocycles. The van der Waals surface area contributed by atoms with Gasteiger partial charge in [0.1, 0.15) is 0 Å². The average Bonchev–Trinajstić information content (AvgIpc) is 2.62. The Hall–Kier alpha value is -2.75. The second-order valence-electron chi connectivity index (χ2n) is 5.30. The molecule has 0 radical (unpaired) electrons. The van der Waals surface area contributed by atoms with Crippen LogP contribution >= 0.6 is 0 Å². The summed E-state index contributed by atoms with van der Waals surface area (Å²) in [7, 11) is 0. The van der Waals surface area contributed by atoms with E-state index >= 15 is 0 Å². The van der Waals surface area contributed by atoms with Crippen LogP contribution < -0.4 is 5.43 Å². The van der Waals surface area contributed by atoms with E-state index in [1.54, 1.807) is 12.3 Å². The van der Waals surface area contributed by atoms with Gasteiger partial charge < -0.3 is 5.43 Å². The van der Waals surface area contributed by atoms with Crippen molar-refractivity contribution in [3.63, 3.8) is 0 Å². The molecule has 1 aliphatic rings. The number of hydrogen-bond donors (Lipinski definition) is 1. The maximum Gasteiger partial charge on any atom is 0.0720 e. The number of aromatic nitrogens is 1. The predicted molar refractivity (Wildman–Crippen MR) is 103 cm³/mol. The van der Waals surface area contributed by atoms with Crippen molar-refractivity contribution in [2.75, 3.05) is 6.54 Å². The zero-order valence-corrected chi connectivity index (χ0v) is 14.2. The van der Waals surface area contributed by atoms with E-state index in [0.717, 1.165) is 30.5 Å². The molecule has 1 heterocycles. The van der Waals surface area contributed by atoms with Crippen molar-refractivity contribution in [3.05, 3.63) is 72.2 Å². The fraction of sp³-hybridized carbons (Fsp3) is 0.250. The van der Waals surface area contributed by atoms with Crippen molar-refractivity contribution in [2.45, 2.75) is 26.2 Å². The van der Waals surface area contributed by atoms with Crippen LogP contribution in [0.15, 0.2) is 65.6 Å². The molecule has 0 spiro atoms. The number of rotatable bonds is 8. The number of fused-ring (bicyclic) bond motifs is 1. The van der Waals surface area contributed by atoms with Crippen LogP contribution in [0.2, 0.25) is 0 Å². The quantitative estimate of drug-likeness (QED) is 0.340. The molecule has 0 saturated heterocycles. The highest BCUT2D eigenvalue weighted by atomic mass is 15.3. The summed E-state index contributed by atoms with van der Waals surface area (Å²) in [4.78, 5) is 8.98. The van der Waals surface area contributed by atoms with Gasteiger partial charge in [-0.3, -0.25) is 9.98 Å². The normalized spacial score (nSPS) is 14.6. The first kappa shape index (κ1) is 17.6. The van der Waals surface area contributed by atoms with Crippen molar-refractivity contribution in [1.82, 2.24) is 10.4 Å². The summed E-state index contributed by atoms with van der Waals surface area (Å²) in [5, 5.41) is 4.05. The molecule has 2 rings (SSSR count). The van der Waals surface area contributed by atoms with Gasteiger partial charge in [0, 0.05) is 36.8 Å². The topological polar surface area (TPSA) is 49.6 Å². The fourth-order valence-electron chi connectivity index (χ4n) is 2.40. The first-order valence-electron chi connectivity index (χ1n) is 8.21. The Balaban J connectivity index is 2.11. The fourth-order valence-corrected chi connectivity index (χ4v) is 2.40. The third-order valence-corrected chi connectivity index (χ3v) is 3.51. The number of hydrogen-bond acceptors (Lipinski definition) is 4. The van der Waals surface area contributed by atoms with Crippen molar-refractivity contribution < 1.29 is 0 Å². The maximum atomic E-state index is 4.60. The molecule has 0 amide bonds. The van der Waals surface area contributed by atoms with Gasteiger partial charge in [-0.2, -0.15) is 5.10 Å². The zero-order chi connectivity index (χ0) is 17.0. The number of nitrogens with one attached hydrogen (secondary N) is 1. The molecule has 1 aliphatic carbocycles. The van der Waals surface area contributed by atoms with E-state index in [-0.39, 0.29) is 0 Å². The third kappa shape index (κ3) is 5.16. The van der Waals surface area contributed by atoms with Gasteiger partial charge in [0.15, 0.2) is 0 Å². The highest BCUT2D eigenvalue weighted by Gasteiger charge is 2.12. The van der Waals surface area contributed by atoms with Gasteiger partial charge in [-0.05, 0) is 37.0 Å². The lowest BCUT2D eigenvalue weighted by Crippen LogP contribution is -2.06. The minimum Gasteiger partial charge on any atom is -0.307 e. The highest BCUT2D eigenvalue weighted by molar-refractivity contribution is 6.11. The van der Waals surface area contributed by atoms with Gasteiger partial charge in [0.05, 0.1) is 12.3 Å². The molecule has 124 valence electrons. The van der Waals surface area contributed by atoms with Crippen molar-refractivity contribution in [3.8, 4) is 0 Å². The molecule has 24 heavy (non-hydrogen) atoms. The number of pyridine rings is 1. The largest absolute Gasteiger partial charge is 0.307 e. The van der Waals surface area contributed by atoms with Crippen LogP contribution in [0, 0.1) is 0 Å². The smallest absolute Gasteiger partial charge is 0.0720 e. The van der Waals surface area contributed by atoms with Crippen LogP contribution in [0.1, 0.15) is 36.5 Å². The van der Waals surface area contributed by atoms with Gasteiger partial charge >= 0.3 is 0 Å². The van der Waals surface area contributed by atoms with E-state index < -0.39 is 0 Å². The van der Waals surface area contributed by atoms with Crippen LogP contribution in [0.25, 0.3) is 6.08 Å². The van der Waals surface area contributed by atoms with Crippen LogP contribution in [-0.4, -0.2) is 23.5 Å². The number of aryl methyl sites for hydroxylation is 1. The summed E-state index contributed by atoms with van der Waals surface area (Å²) in [6, 6.07) is 0. The zero-order valence-electron chi connectivity index (χ0n) is 14.2. The van der Waals surface area contributed by atoms with E-state index in [9.17, 15) is 0 Å². The monoisotopic (exact) mass is 320 g/mol. The lowest BCUT2D eigenvalue weighted by molar-refractivity contribution is 0.829. The lowest BCUT2D eigenvalue weighted by atomic mass is 9.93. The Bertz CT molecular complexity index is 694. The Labute approximate surface area is 144 Å². The molecule has 0 bridgehead atoms. The molecule has 4 heteroatoms. The van der Waals surface area contributed by atoms with Gasteiger partial charge in [-0.1, -0.05) is 30.4 Å². The summed E-state index contributed by atoms with van der Waals surface area (Å²) in [5.74, 6) is 0. The van der Waals surface area contributed by atoms with E-state index in [4.69, 9.17) is 0 Å². The Morgan fingerprint density at radius 3 is 3.17 bits per heavy atom. The minimum atomic E-state index is 0.670. The molecule has 0 unspecified atom stereocenters. The van der Waals surface area contributed by atoms with Gasteiger partial charge in [0.25, 0.3) is 0 Å². The van der Waals surface area contributed by atoms with E-state index in [1.807, 2.05) is 43.7 Å². The Morgan fingerprint density at radius 1 is 1.42 bits per heavy atom. The lowest BCUT2D eigenvalue weighted by Gasteiger charge is -2.14. The standard InChI is InChI=1S/C20H24N4/c1-3-9-20(22-13-7-8-14-24-23-12-4-2)19-16-21-15-17-10-5-6-11-18(17)19/h3-4,6-7,9,11,13-16,23H,2,5,8,10,12H2,1H3/b9-3+,13-7+,22-20+,24-14-. The SMILES string of the molecule is C=CCN/N=C\C/C=C/N=C(\C=C\C)c1cncc2c1C=CCC2. The van der Waals surface area contributed by atoms with Gasteiger partial charge in [-0.25, -0.2) is 0 Å². The molecular formula is C20H24N4. The summed E-state index contributed by atoms with van der Waals surface area (Å²) in [6.45, 7) is 6.29. The van der Waals surface area contributed by atoms with Crippen molar-refractivity contribution >= 4 is 18.0 Å². The average molecular weight is 320 g/mol. The van der Waals surface area contributed by atoms with Crippen LogP contribution in [0.4, 0.5) is 0 Å². The number of aliphatic imine (C=N–C) groups is 1. The summed E-state index contributed by atoms with van der Waals surface area (Å²) in [5.41, 5.74) is 7.39. The third-order valence-electron chi connectivity index (χ3n) is 3.51. The Morgan fingerprint density at radius 2 is 2.33 bits per heavy atom. The summed E-state index contributed by atoms with van der Waals surface area (Å²) < 4.78 is 0. The molecule has 0 fully saturated rings. The van der Waals surface area contributed by atoms with Crippen LogP contribution in [0.5, 0.6) is 0 Å². The molecular weight excluding hydrogens is 296 g/mol. The van der Waals surface area contributed by atoms with Crippen molar-refractivity contribution in [2.24, 2.45) is 10.1 Å². The van der Waals surface area contributed by atoms with Crippen molar-refractivity contribution in [1.29, 1.82) is 0 Å². The first-order valence-corrected chi connectivity index (χ1v) is 8.21. The predicted octanol–water partition coefficient (Wildman–Crippen LogP) is 4.07. The molecule has 1 aromatic rings. The van der Waals surface area contributed by atoms with E-state index in [1.165, 1.54) is 11.1 Å². The number of nitrogens with zero attached hydrogens (tertiary/aromatic N) is 3. The molecule has 0 atom stereocenters. The number of hydrazone groups is 1. The van der Waals surface area contributed by atoms with Gasteiger partial charge in [0.2, 0.25) is 0 Å². The summed E-state index contributed by atoms with van der Waals surface area (Å²) >= 11 is 0. The maximum absolute atomic E-state index is 4.60. The minimum absolute atomic E-state index is 0.670. The van der Waals surface area contributed by atoms with E-state index in [0.29, 0.717) is 6.54 Å². The first-order chi connectivity index (χ1) is 11.9. The van der Waals surface area contributed by atoms with E-state index in [2.05, 4.69) is 39.2 Å². The molecule has 0 saturated carbocycles. The molecule has 1 N–H and O–H groups in total. The second kappa shape index (κ2) is 10.1. The molecule has 0 aliphatic heterocycles.